The van der Waals surface area contributed by atoms with E-state index in [1.165, 1.54) is 5.56 Å². The molecule has 1 aromatic rings. The van der Waals surface area contributed by atoms with Gasteiger partial charge in [0.15, 0.2) is 0 Å². The molecule has 2 rings (SSSR count). The van der Waals surface area contributed by atoms with E-state index in [9.17, 15) is 4.79 Å². The number of nitrogens with one attached hydrogen (secondary N) is 1. The maximum absolute atomic E-state index is 11.1. The minimum Gasteiger partial charge on any atom is -0.369 e. The lowest BCUT2D eigenvalue weighted by molar-refractivity contribution is -0.122. The van der Waals surface area contributed by atoms with Gasteiger partial charge in [0, 0.05) is 22.6 Å². The molecule has 5 heteroatoms. The number of hydrogen-bond acceptors (Lipinski definition) is 3. The fourth-order valence-corrected chi connectivity index (χ4v) is 2.57. The van der Waals surface area contributed by atoms with Gasteiger partial charge < -0.3 is 11.1 Å². The maximum Gasteiger partial charge on any atom is 0.220 e. The van der Waals surface area contributed by atoms with E-state index in [0.29, 0.717) is 6.04 Å². The van der Waals surface area contributed by atoms with Gasteiger partial charge in [-0.3, -0.25) is 4.79 Å². The third-order valence-electron chi connectivity index (χ3n) is 3.53. The van der Waals surface area contributed by atoms with Gasteiger partial charge in [-0.15, -0.1) is 0 Å². The van der Waals surface area contributed by atoms with Gasteiger partial charge in [-0.25, -0.2) is 4.98 Å². The van der Waals surface area contributed by atoms with Crippen LogP contribution in [0.1, 0.15) is 31.2 Å². The second-order valence-corrected chi connectivity index (χ2v) is 5.77. The Kier molecular flexibility index (Phi) is 4.22. The van der Waals surface area contributed by atoms with Crippen LogP contribution in [-0.4, -0.2) is 16.9 Å². The average Bonchev–Trinajstić information content (AvgIpc) is 2.34. The molecule has 0 aliphatic heterocycles. The summed E-state index contributed by atoms with van der Waals surface area (Å²) >= 11 is 3.44. The Hall–Kier alpha value is -1.10. The molecule has 1 heterocycles. The molecule has 18 heavy (non-hydrogen) atoms. The topological polar surface area (TPSA) is 68.0 Å². The first-order valence-corrected chi connectivity index (χ1v) is 7.03. The summed E-state index contributed by atoms with van der Waals surface area (Å²) in [6.45, 7) is 2.04. The minimum absolute atomic E-state index is 0.0580. The minimum atomic E-state index is -0.161. The number of aromatic nitrogens is 1. The van der Waals surface area contributed by atoms with Crippen molar-refractivity contribution in [3.8, 4) is 0 Å². The SMILES string of the molecule is Cc1cc(NC2CCC(C(N)=O)CC2)ncc1Br. The predicted octanol–water partition coefficient (Wildman–Crippen LogP) is 2.61. The Bertz CT molecular complexity index is 442. The molecule has 1 aromatic heterocycles. The predicted molar refractivity (Wildman–Crippen MR) is 75.2 cm³/mol. The number of rotatable bonds is 3. The Labute approximate surface area is 115 Å². The summed E-state index contributed by atoms with van der Waals surface area (Å²) in [5, 5.41) is 3.42. The first-order valence-electron chi connectivity index (χ1n) is 6.24. The molecule has 1 aliphatic rings. The van der Waals surface area contributed by atoms with E-state index in [1.807, 2.05) is 19.2 Å². The molecule has 0 bridgehead atoms. The zero-order chi connectivity index (χ0) is 13.1. The van der Waals surface area contributed by atoms with Crippen molar-refractivity contribution >= 4 is 27.7 Å². The zero-order valence-electron chi connectivity index (χ0n) is 10.4. The van der Waals surface area contributed by atoms with Crippen molar-refractivity contribution in [3.05, 3.63) is 22.3 Å². The highest BCUT2D eigenvalue weighted by Gasteiger charge is 2.24. The monoisotopic (exact) mass is 311 g/mol. The Morgan fingerprint density at radius 1 is 1.44 bits per heavy atom. The Morgan fingerprint density at radius 2 is 2.11 bits per heavy atom. The lowest BCUT2D eigenvalue weighted by Gasteiger charge is -2.27. The molecule has 4 nitrogen and oxygen atoms in total. The van der Waals surface area contributed by atoms with Gasteiger partial charge in [0.05, 0.1) is 0 Å². The fraction of sp³-hybridized carbons (Fsp3) is 0.538. The number of hydrogen-bond donors (Lipinski definition) is 2. The molecule has 1 aliphatic carbocycles. The summed E-state index contributed by atoms with van der Waals surface area (Å²) in [6.07, 6.45) is 5.52. The molecular weight excluding hydrogens is 294 g/mol. The second-order valence-electron chi connectivity index (χ2n) is 4.91. The van der Waals surface area contributed by atoms with Crippen LogP contribution in [0.4, 0.5) is 5.82 Å². The van der Waals surface area contributed by atoms with E-state index in [0.717, 1.165) is 36.0 Å². The number of amides is 1. The molecule has 3 N–H and O–H groups in total. The van der Waals surface area contributed by atoms with E-state index in [2.05, 4.69) is 26.2 Å². The number of carbonyl (C=O) groups is 1. The first-order chi connectivity index (χ1) is 8.56. The van der Waals surface area contributed by atoms with Gasteiger partial charge in [0.1, 0.15) is 5.82 Å². The summed E-state index contributed by atoms with van der Waals surface area (Å²) in [6, 6.07) is 2.43. The van der Waals surface area contributed by atoms with Crippen molar-refractivity contribution in [2.24, 2.45) is 11.7 Å². The molecule has 1 fully saturated rings. The lowest BCUT2D eigenvalue weighted by Crippen LogP contribution is -2.32. The third-order valence-corrected chi connectivity index (χ3v) is 4.36. The zero-order valence-corrected chi connectivity index (χ0v) is 12.0. The van der Waals surface area contributed by atoms with Gasteiger partial charge in [0.25, 0.3) is 0 Å². The summed E-state index contributed by atoms with van der Waals surface area (Å²) in [4.78, 5) is 15.4. The van der Waals surface area contributed by atoms with Crippen molar-refractivity contribution in [2.45, 2.75) is 38.6 Å². The largest absolute Gasteiger partial charge is 0.369 e. The van der Waals surface area contributed by atoms with Crippen molar-refractivity contribution in [3.63, 3.8) is 0 Å². The number of nitrogens with two attached hydrogens (primary N) is 1. The van der Waals surface area contributed by atoms with Crippen LogP contribution in [0.3, 0.4) is 0 Å². The fourth-order valence-electron chi connectivity index (χ4n) is 2.35. The van der Waals surface area contributed by atoms with E-state index < -0.39 is 0 Å². The molecule has 0 saturated heterocycles. The number of nitrogens with zero attached hydrogens (tertiary/aromatic N) is 1. The highest BCUT2D eigenvalue weighted by Crippen LogP contribution is 2.26. The van der Waals surface area contributed by atoms with E-state index in [-0.39, 0.29) is 11.8 Å². The summed E-state index contributed by atoms with van der Waals surface area (Å²) in [5.41, 5.74) is 6.49. The smallest absolute Gasteiger partial charge is 0.220 e. The van der Waals surface area contributed by atoms with E-state index in [1.54, 1.807) is 0 Å². The van der Waals surface area contributed by atoms with Crippen LogP contribution in [0.5, 0.6) is 0 Å². The highest BCUT2D eigenvalue weighted by molar-refractivity contribution is 9.10. The van der Waals surface area contributed by atoms with Gasteiger partial charge in [-0.1, -0.05) is 0 Å². The van der Waals surface area contributed by atoms with E-state index in [4.69, 9.17) is 5.73 Å². The highest BCUT2D eigenvalue weighted by atomic mass is 79.9. The van der Waals surface area contributed by atoms with Crippen molar-refractivity contribution < 1.29 is 4.79 Å². The Morgan fingerprint density at radius 3 is 2.67 bits per heavy atom. The molecular formula is C13H18BrN3O. The van der Waals surface area contributed by atoms with Crippen molar-refractivity contribution in [2.75, 3.05) is 5.32 Å². The number of aryl methyl sites for hydroxylation is 1. The molecule has 98 valence electrons. The van der Waals surface area contributed by atoms with E-state index >= 15 is 0 Å². The number of pyridine rings is 1. The molecule has 0 atom stereocenters. The standard InChI is InChI=1S/C13H18BrN3O/c1-8-6-12(16-7-11(8)14)17-10-4-2-9(3-5-10)13(15)18/h6-7,9-10H,2-5H2,1H3,(H2,15,18)(H,16,17). The van der Waals surface area contributed by atoms with Gasteiger partial charge in [-0.2, -0.15) is 0 Å². The summed E-state index contributed by atoms with van der Waals surface area (Å²) in [7, 11) is 0. The lowest BCUT2D eigenvalue weighted by atomic mass is 9.85. The number of carbonyl (C=O) groups excluding carboxylic acids is 1. The first kappa shape index (κ1) is 13.3. The molecule has 1 amide bonds. The normalized spacial score (nSPS) is 23.7. The maximum atomic E-state index is 11.1. The molecule has 0 spiro atoms. The van der Waals surface area contributed by atoms with Crippen LogP contribution in [0.25, 0.3) is 0 Å². The summed E-state index contributed by atoms with van der Waals surface area (Å²) in [5.74, 6) is 0.798. The van der Waals surface area contributed by atoms with Crippen LogP contribution < -0.4 is 11.1 Å². The van der Waals surface area contributed by atoms with Gasteiger partial charge in [0.2, 0.25) is 5.91 Å². The van der Waals surface area contributed by atoms with Gasteiger partial charge in [-0.05, 0) is 60.2 Å². The molecule has 0 radical (unpaired) electrons. The molecule has 1 saturated carbocycles. The summed E-state index contributed by atoms with van der Waals surface area (Å²) < 4.78 is 1.02. The van der Waals surface area contributed by atoms with Crippen molar-refractivity contribution in [1.82, 2.24) is 4.98 Å². The van der Waals surface area contributed by atoms with Crippen molar-refractivity contribution in [1.29, 1.82) is 0 Å². The van der Waals surface area contributed by atoms with Crippen LogP contribution in [0.2, 0.25) is 0 Å². The second kappa shape index (κ2) is 5.69. The van der Waals surface area contributed by atoms with Crippen LogP contribution in [0, 0.1) is 12.8 Å². The number of primary amides is 1. The number of anilines is 1. The van der Waals surface area contributed by atoms with Crippen LogP contribution in [0.15, 0.2) is 16.7 Å². The molecule has 0 aromatic carbocycles. The number of halogens is 1. The van der Waals surface area contributed by atoms with Crippen LogP contribution in [-0.2, 0) is 4.79 Å². The van der Waals surface area contributed by atoms with Gasteiger partial charge >= 0.3 is 0 Å². The Balaban J connectivity index is 1.91. The average molecular weight is 312 g/mol. The quantitative estimate of drug-likeness (QED) is 0.901. The third kappa shape index (κ3) is 3.22. The molecule has 0 unspecified atom stereocenters. The van der Waals surface area contributed by atoms with Crippen LogP contribution >= 0.6 is 15.9 Å².